The molecule has 2 aromatic rings. The van der Waals surface area contributed by atoms with Gasteiger partial charge in [-0.3, -0.25) is 4.79 Å². The largest absolute Gasteiger partial charge is 0.384 e. The SMILES string of the molecule is CN(C)CCNc1ccc(CNC(=O)c2c(F)cccc2Cl)cc1. The predicted octanol–water partition coefficient (Wildman–Crippen LogP) is 3.38. The van der Waals surface area contributed by atoms with Crippen LogP contribution in [0.15, 0.2) is 42.5 Å². The zero-order valence-electron chi connectivity index (χ0n) is 13.8. The first kappa shape index (κ1) is 18.2. The molecular weight excluding hydrogens is 329 g/mol. The zero-order valence-corrected chi connectivity index (χ0v) is 14.5. The molecule has 0 aliphatic rings. The highest BCUT2D eigenvalue weighted by atomic mass is 35.5. The molecule has 0 unspecified atom stereocenters. The Morgan fingerprint density at radius 2 is 1.88 bits per heavy atom. The van der Waals surface area contributed by atoms with E-state index in [1.165, 1.54) is 18.2 Å². The van der Waals surface area contributed by atoms with E-state index in [9.17, 15) is 9.18 Å². The molecule has 0 aliphatic carbocycles. The second kappa shape index (κ2) is 8.66. The van der Waals surface area contributed by atoms with Gasteiger partial charge in [0.1, 0.15) is 5.82 Å². The van der Waals surface area contributed by atoms with Crippen molar-refractivity contribution in [1.82, 2.24) is 10.2 Å². The van der Waals surface area contributed by atoms with Crippen molar-refractivity contribution in [3.8, 4) is 0 Å². The summed E-state index contributed by atoms with van der Waals surface area (Å²) in [5, 5.41) is 6.10. The van der Waals surface area contributed by atoms with Crippen molar-refractivity contribution < 1.29 is 9.18 Å². The first-order chi connectivity index (χ1) is 11.5. The summed E-state index contributed by atoms with van der Waals surface area (Å²) in [6.07, 6.45) is 0. The number of hydrogen-bond acceptors (Lipinski definition) is 3. The maximum absolute atomic E-state index is 13.7. The predicted molar refractivity (Wildman–Crippen MR) is 96.1 cm³/mol. The van der Waals surface area contributed by atoms with Gasteiger partial charge in [0.25, 0.3) is 5.91 Å². The van der Waals surface area contributed by atoms with Gasteiger partial charge in [0.15, 0.2) is 0 Å². The van der Waals surface area contributed by atoms with Crippen molar-refractivity contribution in [2.24, 2.45) is 0 Å². The summed E-state index contributed by atoms with van der Waals surface area (Å²) in [6, 6.07) is 11.9. The maximum atomic E-state index is 13.7. The molecular formula is C18H21ClFN3O. The molecule has 0 fully saturated rings. The van der Waals surface area contributed by atoms with E-state index in [2.05, 4.69) is 15.5 Å². The lowest BCUT2D eigenvalue weighted by Gasteiger charge is -2.12. The number of nitrogens with one attached hydrogen (secondary N) is 2. The van der Waals surface area contributed by atoms with Crippen LogP contribution in [-0.4, -0.2) is 38.0 Å². The van der Waals surface area contributed by atoms with E-state index in [1.807, 2.05) is 38.4 Å². The minimum Gasteiger partial charge on any atom is -0.384 e. The number of amides is 1. The Hall–Kier alpha value is -2.11. The normalized spacial score (nSPS) is 10.7. The standard InChI is InChI=1S/C18H21ClFN3O/c1-23(2)11-10-21-14-8-6-13(7-9-14)12-22-18(24)17-15(19)4-3-5-16(17)20/h3-9,21H,10-12H2,1-2H3,(H,22,24). The number of rotatable bonds is 7. The molecule has 0 heterocycles. The van der Waals surface area contributed by atoms with E-state index in [1.54, 1.807) is 0 Å². The van der Waals surface area contributed by atoms with Crippen molar-refractivity contribution in [1.29, 1.82) is 0 Å². The van der Waals surface area contributed by atoms with Crippen LogP contribution in [-0.2, 0) is 6.54 Å². The first-order valence-electron chi connectivity index (χ1n) is 7.67. The van der Waals surface area contributed by atoms with Crippen LogP contribution in [0.1, 0.15) is 15.9 Å². The highest BCUT2D eigenvalue weighted by Crippen LogP contribution is 2.19. The molecule has 0 bridgehead atoms. The topological polar surface area (TPSA) is 44.4 Å². The third-order valence-corrected chi connectivity index (χ3v) is 3.80. The van der Waals surface area contributed by atoms with Gasteiger partial charge in [0.2, 0.25) is 0 Å². The average Bonchev–Trinajstić information content (AvgIpc) is 2.53. The van der Waals surface area contributed by atoms with Crippen LogP contribution in [0.5, 0.6) is 0 Å². The second-order valence-electron chi connectivity index (χ2n) is 5.71. The van der Waals surface area contributed by atoms with Crippen LogP contribution in [0.4, 0.5) is 10.1 Å². The quantitative estimate of drug-likeness (QED) is 0.805. The van der Waals surface area contributed by atoms with Crippen LogP contribution in [0.2, 0.25) is 5.02 Å². The highest BCUT2D eigenvalue weighted by Gasteiger charge is 2.15. The fraction of sp³-hybridized carbons (Fsp3) is 0.278. The lowest BCUT2D eigenvalue weighted by Crippen LogP contribution is -2.24. The Labute approximate surface area is 146 Å². The van der Waals surface area contributed by atoms with Gasteiger partial charge in [-0.2, -0.15) is 0 Å². The second-order valence-corrected chi connectivity index (χ2v) is 6.11. The van der Waals surface area contributed by atoms with E-state index < -0.39 is 11.7 Å². The molecule has 0 saturated carbocycles. The number of nitrogens with zero attached hydrogens (tertiary/aromatic N) is 1. The number of likely N-dealkylation sites (N-methyl/N-ethyl adjacent to an activating group) is 1. The van der Waals surface area contributed by atoms with Gasteiger partial charge in [0, 0.05) is 25.3 Å². The molecule has 0 aromatic heterocycles. The molecule has 128 valence electrons. The lowest BCUT2D eigenvalue weighted by molar-refractivity contribution is 0.0947. The molecule has 2 aromatic carbocycles. The molecule has 2 rings (SSSR count). The summed E-state index contributed by atoms with van der Waals surface area (Å²) in [7, 11) is 4.05. The van der Waals surface area contributed by atoms with Crippen LogP contribution in [0.25, 0.3) is 0 Å². The van der Waals surface area contributed by atoms with Gasteiger partial charge < -0.3 is 15.5 Å². The Morgan fingerprint density at radius 3 is 2.50 bits per heavy atom. The van der Waals surface area contributed by atoms with Crippen LogP contribution >= 0.6 is 11.6 Å². The van der Waals surface area contributed by atoms with Gasteiger partial charge in [-0.15, -0.1) is 0 Å². The van der Waals surface area contributed by atoms with Gasteiger partial charge in [-0.1, -0.05) is 29.8 Å². The number of carbonyl (C=O) groups excluding carboxylic acids is 1. The van der Waals surface area contributed by atoms with Crippen LogP contribution < -0.4 is 10.6 Å². The Kier molecular flexibility index (Phi) is 6.58. The number of anilines is 1. The molecule has 0 spiro atoms. The van der Waals surface area contributed by atoms with Gasteiger partial charge >= 0.3 is 0 Å². The monoisotopic (exact) mass is 349 g/mol. The summed E-state index contributed by atoms with van der Waals surface area (Å²) in [5.74, 6) is -1.15. The molecule has 4 nitrogen and oxygen atoms in total. The number of halogens is 2. The van der Waals surface area contributed by atoms with Crippen molar-refractivity contribution in [3.63, 3.8) is 0 Å². The van der Waals surface area contributed by atoms with Crippen LogP contribution in [0, 0.1) is 5.82 Å². The minimum atomic E-state index is -0.625. The molecule has 2 N–H and O–H groups in total. The van der Waals surface area contributed by atoms with Crippen molar-refractivity contribution in [2.45, 2.75) is 6.54 Å². The Balaban J connectivity index is 1.89. The summed E-state index contributed by atoms with van der Waals surface area (Å²) < 4.78 is 13.7. The Bertz CT molecular complexity index is 669. The molecule has 24 heavy (non-hydrogen) atoms. The molecule has 6 heteroatoms. The zero-order chi connectivity index (χ0) is 17.5. The molecule has 0 radical (unpaired) electrons. The summed E-state index contributed by atoms with van der Waals surface area (Å²) >= 11 is 5.89. The fourth-order valence-electron chi connectivity index (χ4n) is 2.15. The maximum Gasteiger partial charge on any atom is 0.256 e. The average molecular weight is 350 g/mol. The number of carbonyl (C=O) groups is 1. The summed E-state index contributed by atoms with van der Waals surface area (Å²) in [5.41, 5.74) is 1.82. The smallest absolute Gasteiger partial charge is 0.256 e. The van der Waals surface area contributed by atoms with E-state index in [0.29, 0.717) is 6.54 Å². The first-order valence-corrected chi connectivity index (χ1v) is 8.05. The third kappa shape index (κ3) is 5.22. The summed E-state index contributed by atoms with van der Waals surface area (Å²) in [4.78, 5) is 14.2. The van der Waals surface area contributed by atoms with E-state index in [0.717, 1.165) is 24.3 Å². The number of benzene rings is 2. The molecule has 1 amide bonds. The lowest BCUT2D eigenvalue weighted by atomic mass is 10.1. The van der Waals surface area contributed by atoms with E-state index >= 15 is 0 Å². The van der Waals surface area contributed by atoms with E-state index in [4.69, 9.17) is 11.6 Å². The van der Waals surface area contributed by atoms with Crippen molar-refractivity contribution in [3.05, 3.63) is 64.4 Å². The minimum absolute atomic E-state index is 0.105. The number of hydrogen-bond donors (Lipinski definition) is 2. The summed E-state index contributed by atoms with van der Waals surface area (Å²) in [6.45, 7) is 2.11. The molecule has 0 atom stereocenters. The van der Waals surface area contributed by atoms with Gasteiger partial charge in [0.05, 0.1) is 10.6 Å². The third-order valence-electron chi connectivity index (χ3n) is 3.48. The fourth-order valence-corrected chi connectivity index (χ4v) is 2.40. The van der Waals surface area contributed by atoms with Gasteiger partial charge in [-0.25, -0.2) is 4.39 Å². The molecule has 0 aliphatic heterocycles. The van der Waals surface area contributed by atoms with Crippen LogP contribution in [0.3, 0.4) is 0 Å². The van der Waals surface area contributed by atoms with Crippen molar-refractivity contribution in [2.75, 3.05) is 32.5 Å². The molecule has 0 saturated heterocycles. The highest BCUT2D eigenvalue weighted by molar-refractivity contribution is 6.33. The van der Waals surface area contributed by atoms with Gasteiger partial charge in [-0.05, 0) is 43.9 Å². The van der Waals surface area contributed by atoms with E-state index in [-0.39, 0.29) is 10.6 Å². The Morgan fingerprint density at radius 1 is 1.17 bits per heavy atom. The van der Waals surface area contributed by atoms with Crippen molar-refractivity contribution >= 4 is 23.2 Å².